The molecule has 2 aromatic carbocycles. The molecule has 11 nitrogen and oxygen atoms in total. The predicted molar refractivity (Wildman–Crippen MR) is 134 cm³/mol. The van der Waals surface area contributed by atoms with E-state index in [2.05, 4.69) is 20.3 Å². The molecule has 1 aliphatic rings. The number of anilines is 2. The Morgan fingerprint density at radius 2 is 1.94 bits per heavy atom. The van der Waals surface area contributed by atoms with E-state index in [0.717, 1.165) is 28.7 Å². The molecule has 190 valence electrons. The van der Waals surface area contributed by atoms with Crippen LogP contribution in [0.5, 0.6) is 11.5 Å². The predicted octanol–water partition coefficient (Wildman–Crippen LogP) is 2.72. The summed E-state index contributed by atoms with van der Waals surface area (Å²) in [5, 5.41) is 10.6. The van der Waals surface area contributed by atoms with Gasteiger partial charge in [0.2, 0.25) is 5.13 Å². The molecular weight excluding hydrogens is 528 g/mol. The van der Waals surface area contributed by atoms with Crippen molar-refractivity contribution in [3.05, 3.63) is 48.0 Å². The molecule has 0 saturated heterocycles. The van der Waals surface area contributed by atoms with E-state index in [9.17, 15) is 18.0 Å². The fraction of sp³-hybridized carbons (Fsp3) is 0.273. The van der Waals surface area contributed by atoms with Gasteiger partial charge in [0, 0.05) is 0 Å². The number of thioether (sulfide) groups is 1. The first kappa shape index (κ1) is 25.7. The molecule has 14 heteroatoms. The average molecular weight is 551 g/mol. The third-order valence-corrected chi connectivity index (χ3v) is 8.84. The zero-order chi connectivity index (χ0) is 25.9. The first-order valence-electron chi connectivity index (χ1n) is 10.5. The highest BCUT2D eigenvalue weighted by Gasteiger charge is 2.38. The van der Waals surface area contributed by atoms with Gasteiger partial charge in [-0.05, 0) is 48.9 Å². The van der Waals surface area contributed by atoms with Crippen molar-refractivity contribution in [2.75, 3.05) is 36.1 Å². The average Bonchev–Trinajstić information content (AvgIpc) is 3.33. The summed E-state index contributed by atoms with van der Waals surface area (Å²) in [4.78, 5) is 24.4. The van der Waals surface area contributed by atoms with Crippen LogP contribution in [-0.2, 0) is 24.3 Å². The number of aryl methyl sites for hydroxylation is 1. The molecule has 2 heterocycles. The largest absolute Gasteiger partial charge is 0.497 e. The van der Waals surface area contributed by atoms with Gasteiger partial charge in [0.25, 0.3) is 15.9 Å². The highest BCUT2D eigenvalue weighted by molar-refractivity contribution is 8.01. The van der Waals surface area contributed by atoms with Crippen LogP contribution in [0.2, 0.25) is 0 Å². The maximum absolute atomic E-state index is 13.6. The van der Waals surface area contributed by atoms with Crippen LogP contribution in [0.15, 0.2) is 51.7 Å². The molecule has 0 fully saturated rings. The number of sulfonamides is 1. The van der Waals surface area contributed by atoms with Crippen molar-refractivity contribution in [1.82, 2.24) is 10.2 Å². The molecule has 0 bridgehead atoms. The highest BCUT2D eigenvalue weighted by Crippen LogP contribution is 2.38. The molecule has 3 aromatic rings. The Bertz CT molecular complexity index is 1380. The van der Waals surface area contributed by atoms with Crippen LogP contribution in [0, 0.1) is 6.92 Å². The van der Waals surface area contributed by atoms with Crippen LogP contribution in [0.25, 0.3) is 0 Å². The number of hydrogen-bond acceptors (Lipinski definition) is 11. The van der Waals surface area contributed by atoms with Crippen LogP contribution >= 0.6 is 23.1 Å². The van der Waals surface area contributed by atoms with E-state index in [1.807, 2.05) is 6.92 Å². The van der Waals surface area contributed by atoms with E-state index in [1.54, 1.807) is 30.3 Å². The smallest absolute Gasteiger partial charge is 0.316 e. The zero-order valence-electron chi connectivity index (χ0n) is 19.5. The molecule has 0 unspecified atom stereocenters. The molecule has 1 aromatic heterocycles. The SMILES string of the molecule is COC(=O)CSc1nnc(NC(=O)[C@@H]2CN(S(=O)(=O)c3ccc(OC)cc3)c3cc(C)ccc3O2)s1. The normalized spacial score (nSPS) is 15.0. The highest BCUT2D eigenvalue weighted by atomic mass is 32.2. The topological polar surface area (TPSA) is 137 Å². The minimum atomic E-state index is -4.03. The van der Waals surface area contributed by atoms with Gasteiger partial charge < -0.3 is 14.2 Å². The number of ether oxygens (including phenoxy) is 3. The van der Waals surface area contributed by atoms with Gasteiger partial charge in [-0.15, -0.1) is 10.2 Å². The van der Waals surface area contributed by atoms with Gasteiger partial charge in [-0.3, -0.25) is 19.2 Å². The molecular formula is C22H22N4O7S3. The van der Waals surface area contributed by atoms with Crippen LogP contribution < -0.4 is 19.1 Å². The van der Waals surface area contributed by atoms with Gasteiger partial charge >= 0.3 is 5.97 Å². The van der Waals surface area contributed by atoms with E-state index in [1.165, 1.54) is 30.7 Å². The lowest BCUT2D eigenvalue weighted by atomic mass is 10.1. The minimum absolute atomic E-state index is 0.0493. The Kier molecular flexibility index (Phi) is 7.66. The van der Waals surface area contributed by atoms with Gasteiger partial charge in [-0.25, -0.2) is 8.42 Å². The first-order chi connectivity index (χ1) is 17.2. The van der Waals surface area contributed by atoms with Crippen LogP contribution in [0.4, 0.5) is 10.8 Å². The quantitative estimate of drug-likeness (QED) is 0.253. The second-order valence-corrected chi connectivity index (χ2v) is 11.6. The second-order valence-electron chi connectivity index (χ2n) is 7.52. The molecule has 1 atom stereocenters. The number of fused-ring (bicyclic) bond motifs is 1. The lowest BCUT2D eigenvalue weighted by Crippen LogP contribution is -2.48. The summed E-state index contributed by atoms with van der Waals surface area (Å²) in [5.41, 5.74) is 1.17. The number of methoxy groups -OCH3 is 2. The Morgan fingerprint density at radius 3 is 2.64 bits per heavy atom. The van der Waals surface area contributed by atoms with Crippen molar-refractivity contribution in [3.63, 3.8) is 0 Å². The Labute approximate surface area is 215 Å². The minimum Gasteiger partial charge on any atom is -0.497 e. The van der Waals surface area contributed by atoms with Gasteiger partial charge in [-0.2, -0.15) is 0 Å². The monoisotopic (exact) mass is 550 g/mol. The number of amides is 1. The number of hydrogen-bond donors (Lipinski definition) is 1. The van der Waals surface area contributed by atoms with Crippen molar-refractivity contribution in [2.24, 2.45) is 0 Å². The molecule has 0 aliphatic carbocycles. The summed E-state index contributed by atoms with van der Waals surface area (Å²) in [6.07, 6.45) is -1.15. The zero-order valence-corrected chi connectivity index (χ0v) is 21.9. The third-order valence-electron chi connectivity index (χ3n) is 5.10. The van der Waals surface area contributed by atoms with Gasteiger partial charge in [0.05, 0.1) is 37.1 Å². The fourth-order valence-electron chi connectivity index (χ4n) is 3.28. The Morgan fingerprint density at radius 1 is 1.19 bits per heavy atom. The van der Waals surface area contributed by atoms with E-state index in [0.29, 0.717) is 15.8 Å². The van der Waals surface area contributed by atoms with Crippen molar-refractivity contribution in [2.45, 2.75) is 22.3 Å². The number of nitrogens with zero attached hydrogens (tertiary/aromatic N) is 3. The molecule has 36 heavy (non-hydrogen) atoms. The number of carbonyl (C=O) groups is 2. The van der Waals surface area contributed by atoms with E-state index in [4.69, 9.17) is 9.47 Å². The van der Waals surface area contributed by atoms with Gasteiger partial charge in [-0.1, -0.05) is 29.2 Å². The summed E-state index contributed by atoms with van der Waals surface area (Å²) in [6, 6.07) is 11.1. The lowest BCUT2D eigenvalue weighted by Gasteiger charge is -2.34. The van der Waals surface area contributed by atoms with Crippen molar-refractivity contribution < 1.29 is 32.2 Å². The summed E-state index contributed by atoms with van der Waals surface area (Å²) < 4.78 is 44.4. The number of nitrogens with one attached hydrogen (secondary N) is 1. The number of esters is 1. The number of carbonyl (C=O) groups excluding carboxylic acids is 2. The summed E-state index contributed by atoms with van der Waals surface area (Å²) in [6.45, 7) is 1.59. The second kappa shape index (κ2) is 10.7. The third kappa shape index (κ3) is 5.55. The lowest BCUT2D eigenvalue weighted by molar-refractivity contribution is -0.137. The number of benzene rings is 2. The maximum Gasteiger partial charge on any atom is 0.316 e. The maximum atomic E-state index is 13.6. The first-order valence-corrected chi connectivity index (χ1v) is 13.7. The van der Waals surface area contributed by atoms with Gasteiger partial charge in [0.15, 0.2) is 10.4 Å². The summed E-state index contributed by atoms with van der Waals surface area (Å²) >= 11 is 2.20. The van der Waals surface area contributed by atoms with E-state index < -0.39 is 28.0 Å². The van der Waals surface area contributed by atoms with E-state index in [-0.39, 0.29) is 28.1 Å². The summed E-state index contributed by atoms with van der Waals surface area (Å²) in [5.74, 6) is -0.166. The fourth-order valence-corrected chi connectivity index (χ4v) is 6.34. The molecule has 1 aliphatic heterocycles. The summed E-state index contributed by atoms with van der Waals surface area (Å²) in [7, 11) is -1.24. The van der Waals surface area contributed by atoms with Crippen molar-refractivity contribution >= 4 is 55.8 Å². The van der Waals surface area contributed by atoms with Crippen molar-refractivity contribution in [3.8, 4) is 11.5 Å². The Balaban J connectivity index is 1.57. The number of rotatable bonds is 8. The standard InChI is InChI=1S/C22H22N4O7S3/c1-13-4-9-17-16(10-13)26(36(29,30)15-7-5-14(31-2)6-8-15)11-18(33-17)20(28)23-21-24-25-22(35-21)34-12-19(27)32-3/h4-10,18H,11-12H2,1-3H3,(H,23,24,28)/t18-/m0/s1. The molecule has 1 amide bonds. The van der Waals surface area contributed by atoms with Crippen molar-refractivity contribution in [1.29, 1.82) is 0 Å². The molecule has 4 rings (SSSR count). The molecule has 1 N–H and O–H groups in total. The van der Waals surface area contributed by atoms with E-state index >= 15 is 0 Å². The molecule has 0 radical (unpaired) electrons. The van der Waals surface area contributed by atoms with Crippen LogP contribution in [0.3, 0.4) is 0 Å². The molecule has 0 saturated carbocycles. The Hall–Kier alpha value is -3.36. The van der Waals surface area contributed by atoms with Crippen LogP contribution in [0.1, 0.15) is 5.56 Å². The van der Waals surface area contributed by atoms with Gasteiger partial charge in [0.1, 0.15) is 11.5 Å². The molecule has 0 spiro atoms. The number of aromatic nitrogens is 2. The van der Waals surface area contributed by atoms with Crippen LogP contribution in [-0.4, -0.2) is 63.1 Å².